The molecular formula is C15H18ClF2N3S. The second-order valence-electron chi connectivity index (χ2n) is 6.22. The van der Waals surface area contributed by atoms with Crippen LogP contribution in [-0.2, 0) is 5.41 Å². The SMILES string of the molecule is NC(=S)C1(c2cncc(Cl)c2)C[C@H]2CC[C@@H](C1)N2CC(F)F. The minimum atomic E-state index is -2.31. The molecule has 0 amide bonds. The molecule has 120 valence electrons. The third-order valence-electron chi connectivity index (χ3n) is 5.02. The van der Waals surface area contributed by atoms with Gasteiger partial charge in [0.1, 0.15) is 0 Å². The quantitative estimate of drug-likeness (QED) is 0.851. The zero-order valence-corrected chi connectivity index (χ0v) is 13.6. The number of rotatable bonds is 4. The third-order valence-corrected chi connectivity index (χ3v) is 5.61. The van der Waals surface area contributed by atoms with E-state index in [2.05, 4.69) is 4.98 Å². The number of hydrogen-bond donors (Lipinski definition) is 1. The standard InChI is InChI=1S/C15H18ClF2N3S/c16-10-3-9(6-20-7-10)15(14(19)22)4-11-1-2-12(5-15)21(11)8-13(17)18/h3,6-7,11-13H,1-2,4-5,8H2,(H2,19,22)/t11-,12+,15?. The van der Waals surface area contributed by atoms with Crippen LogP contribution in [0, 0.1) is 0 Å². The van der Waals surface area contributed by atoms with Crippen molar-refractivity contribution in [2.45, 2.75) is 49.6 Å². The van der Waals surface area contributed by atoms with Gasteiger partial charge in [0.2, 0.25) is 0 Å². The van der Waals surface area contributed by atoms with Gasteiger partial charge in [0, 0.05) is 29.9 Å². The number of piperidine rings is 1. The Morgan fingerprint density at radius 2 is 2.05 bits per heavy atom. The molecule has 0 spiro atoms. The topological polar surface area (TPSA) is 42.1 Å². The number of aromatic nitrogens is 1. The summed E-state index contributed by atoms with van der Waals surface area (Å²) < 4.78 is 25.6. The average molecular weight is 346 g/mol. The van der Waals surface area contributed by atoms with Crippen LogP contribution in [0.5, 0.6) is 0 Å². The Labute approximate surface area is 138 Å². The first-order chi connectivity index (χ1) is 10.4. The molecule has 2 N–H and O–H groups in total. The van der Waals surface area contributed by atoms with E-state index in [-0.39, 0.29) is 18.6 Å². The molecule has 2 fully saturated rings. The fourth-order valence-corrected chi connectivity index (χ4v) is 4.51. The molecule has 0 aliphatic carbocycles. The van der Waals surface area contributed by atoms with Crippen LogP contribution >= 0.6 is 23.8 Å². The monoisotopic (exact) mass is 345 g/mol. The van der Waals surface area contributed by atoms with Crippen molar-refractivity contribution >= 4 is 28.8 Å². The molecule has 2 aliphatic heterocycles. The zero-order valence-electron chi connectivity index (χ0n) is 12.0. The van der Waals surface area contributed by atoms with Gasteiger partial charge in [0.25, 0.3) is 6.43 Å². The Balaban J connectivity index is 1.94. The summed E-state index contributed by atoms with van der Waals surface area (Å²) in [4.78, 5) is 6.48. The largest absolute Gasteiger partial charge is 0.393 e. The van der Waals surface area contributed by atoms with E-state index in [1.54, 1.807) is 12.4 Å². The van der Waals surface area contributed by atoms with E-state index < -0.39 is 11.8 Å². The van der Waals surface area contributed by atoms with Crippen LogP contribution in [0.2, 0.25) is 5.02 Å². The van der Waals surface area contributed by atoms with E-state index in [9.17, 15) is 8.78 Å². The molecule has 2 aliphatic rings. The number of thiocarbonyl (C=S) groups is 1. The minimum absolute atomic E-state index is 0.0910. The lowest BCUT2D eigenvalue weighted by Gasteiger charge is -2.46. The fourth-order valence-electron chi connectivity index (χ4n) is 4.05. The molecule has 7 heteroatoms. The summed E-state index contributed by atoms with van der Waals surface area (Å²) in [5.41, 5.74) is 6.49. The Kier molecular flexibility index (Phi) is 4.36. The average Bonchev–Trinajstić information content (AvgIpc) is 2.70. The van der Waals surface area contributed by atoms with Crippen molar-refractivity contribution in [1.29, 1.82) is 0 Å². The highest BCUT2D eigenvalue weighted by Crippen LogP contribution is 2.47. The second-order valence-corrected chi connectivity index (χ2v) is 7.10. The summed E-state index contributed by atoms with van der Waals surface area (Å²) in [6.07, 6.45) is 4.15. The molecule has 1 aromatic rings. The van der Waals surface area contributed by atoms with Gasteiger partial charge in [-0.2, -0.15) is 0 Å². The van der Waals surface area contributed by atoms with Crippen LogP contribution in [-0.4, -0.2) is 39.9 Å². The molecule has 3 atom stereocenters. The number of nitrogens with zero attached hydrogens (tertiary/aromatic N) is 2. The van der Waals surface area contributed by atoms with Gasteiger partial charge in [-0.25, -0.2) is 8.78 Å². The molecule has 3 rings (SSSR count). The van der Waals surface area contributed by atoms with Gasteiger partial charge in [-0.15, -0.1) is 0 Å². The van der Waals surface area contributed by atoms with Gasteiger partial charge in [-0.05, 0) is 37.3 Å². The summed E-state index contributed by atoms with van der Waals surface area (Å²) in [7, 11) is 0. The summed E-state index contributed by atoms with van der Waals surface area (Å²) in [6, 6.07) is 2.03. The van der Waals surface area contributed by atoms with E-state index in [0.717, 1.165) is 18.4 Å². The van der Waals surface area contributed by atoms with Crippen molar-refractivity contribution in [3.8, 4) is 0 Å². The lowest BCUT2D eigenvalue weighted by atomic mass is 9.70. The Morgan fingerprint density at radius 3 is 2.55 bits per heavy atom. The number of alkyl halides is 2. The molecule has 0 radical (unpaired) electrons. The van der Waals surface area contributed by atoms with Crippen molar-refractivity contribution < 1.29 is 8.78 Å². The van der Waals surface area contributed by atoms with E-state index >= 15 is 0 Å². The maximum Gasteiger partial charge on any atom is 0.251 e. The van der Waals surface area contributed by atoms with Gasteiger partial charge in [-0.3, -0.25) is 9.88 Å². The summed E-state index contributed by atoms with van der Waals surface area (Å²) >= 11 is 11.4. The lowest BCUT2D eigenvalue weighted by Crippen LogP contribution is -2.55. The minimum Gasteiger partial charge on any atom is -0.393 e. The first-order valence-electron chi connectivity index (χ1n) is 7.37. The summed E-state index contributed by atoms with van der Waals surface area (Å²) in [5.74, 6) is 0. The molecule has 1 aromatic heterocycles. The predicted molar refractivity (Wildman–Crippen MR) is 86.5 cm³/mol. The number of pyridine rings is 1. The second kappa shape index (κ2) is 5.98. The molecule has 0 saturated carbocycles. The van der Waals surface area contributed by atoms with E-state index in [4.69, 9.17) is 29.6 Å². The van der Waals surface area contributed by atoms with Gasteiger partial charge in [0.05, 0.1) is 16.6 Å². The van der Waals surface area contributed by atoms with Crippen molar-refractivity contribution in [2.75, 3.05) is 6.54 Å². The number of nitrogens with two attached hydrogens (primary N) is 1. The smallest absolute Gasteiger partial charge is 0.251 e. The normalized spacial score (nSPS) is 31.6. The van der Waals surface area contributed by atoms with Gasteiger partial charge in [-0.1, -0.05) is 23.8 Å². The highest BCUT2D eigenvalue weighted by atomic mass is 35.5. The van der Waals surface area contributed by atoms with Crippen molar-refractivity contribution in [3.05, 3.63) is 29.0 Å². The van der Waals surface area contributed by atoms with Crippen LogP contribution < -0.4 is 5.73 Å². The molecular weight excluding hydrogens is 328 g/mol. The summed E-state index contributed by atoms with van der Waals surface area (Å²) in [5, 5.41) is 0.537. The Bertz CT molecular complexity index is 570. The first-order valence-corrected chi connectivity index (χ1v) is 8.16. The lowest BCUT2D eigenvalue weighted by molar-refractivity contribution is 0.0325. The molecule has 1 unspecified atom stereocenters. The molecule has 2 saturated heterocycles. The van der Waals surface area contributed by atoms with Gasteiger partial charge in [0.15, 0.2) is 0 Å². The predicted octanol–water partition coefficient (Wildman–Crippen LogP) is 3.15. The van der Waals surface area contributed by atoms with Gasteiger partial charge >= 0.3 is 0 Å². The van der Waals surface area contributed by atoms with Crippen LogP contribution in [0.25, 0.3) is 0 Å². The Hall–Kier alpha value is -0.850. The van der Waals surface area contributed by atoms with E-state index in [0.29, 0.717) is 22.9 Å². The molecule has 0 aromatic carbocycles. The first kappa shape index (κ1) is 16.0. The van der Waals surface area contributed by atoms with Crippen LogP contribution in [0.3, 0.4) is 0 Å². The van der Waals surface area contributed by atoms with E-state index in [1.807, 2.05) is 11.0 Å². The van der Waals surface area contributed by atoms with Crippen LogP contribution in [0.15, 0.2) is 18.5 Å². The maximum atomic E-state index is 12.8. The number of halogens is 3. The highest BCUT2D eigenvalue weighted by Gasteiger charge is 2.51. The molecule has 3 nitrogen and oxygen atoms in total. The van der Waals surface area contributed by atoms with Crippen molar-refractivity contribution in [2.24, 2.45) is 5.73 Å². The zero-order chi connectivity index (χ0) is 15.9. The van der Waals surface area contributed by atoms with E-state index in [1.165, 1.54) is 0 Å². The number of fused-ring (bicyclic) bond motifs is 2. The molecule has 2 bridgehead atoms. The highest BCUT2D eigenvalue weighted by molar-refractivity contribution is 7.80. The molecule has 3 heterocycles. The van der Waals surface area contributed by atoms with Crippen LogP contribution in [0.1, 0.15) is 31.2 Å². The van der Waals surface area contributed by atoms with Crippen molar-refractivity contribution in [3.63, 3.8) is 0 Å². The van der Waals surface area contributed by atoms with Crippen LogP contribution in [0.4, 0.5) is 8.78 Å². The van der Waals surface area contributed by atoms with Crippen molar-refractivity contribution in [1.82, 2.24) is 9.88 Å². The maximum absolute atomic E-state index is 12.8. The number of hydrogen-bond acceptors (Lipinski definition) is 3. The molecule has 22 heavy (non-hydrogen) atoms. The Morgan fingerprint density at radius 1 is 1.41 bits per heavy atom. The third kappa shape index (κ3) is 2.72. The summed E-state index contributed by atoms with van der Waals surface area (Å²) in [6.45, 7) is -0.170. The fraction of sp³-hybridized carbons (Fsp3) is 0.600. The van der Waals surface area contributed by atoms with Gasteiger partial charge < -0.3 is 5.73 Å².